The van der Waals surface area contributed by atoms with Crippen LogP contribution < -0.4 is 20.7 Å². The number of anilines is 2. The Balaban J connectivity index is 1.63. The highest BCUT2D eigenvalue weighted by atomic mass is 127. The topological polar surface area (TPSA) is 79.5 Å². The maximum Gasteiger partial charge on any atom is 0.257 e. The first kappa shape index (κ1) is 20.5. The van der Waals surface area contributed by atoms with E-state index in [1.54, 1.807) is 25.3 Å². The average molecular weight is 509 g/mol. The van der Waals surface area contributed by atoms with Gasteiger partial charge in [-0.05, 0) is 90.5 Å². The van der Waals surface area contributed by atoms with Gasteiger partial charge < -0.3 is 15.4 Å². The third kappa shape index (κ3) is 5.20. The molecule has 0 heterocycles. The molecule has 2 aromatic carbocycles. The molecule has 1 saturated carbocycles. The molecule has 6 nitrogen and oxygen atoms in total. The lowest BCUT2D eigenvalue weighted by Gasteiger charge is -2.13. The Morgan fingerprint density at radius 3 is 2.54 bits per heavy atom. The van der Waals surface area contributed by atoms with Gasteiger partial charge >= 0.3 is 0 Å². The van der Waals surface area contributed by atoms with Crippen molar-refractivity contribution in [3.05, 3.63) is 51.1 Å². The smallest absolute Gasteiger partial charge is 0.257 e. The molecule has 3 N–H and O–H groups in total. The number of thiocarbonyl (C=S) groups is 1. The van der Waals surface area contributed by atoms with Crippen molar-refractivity contribution in [1.29, 1.82) is 0 Å². The number of hydrogen-bond donors (Lipinski definition) is 3. The van der Waals surface area contributed by atoms with Crippen LogP contribution in [0.4, 0.5) is 11.4 Å². The first-order chi connectivity index (χ1) is 13.4. The summed E-state index contributed by atoms with van der Waals surface area (Å²) in [6, 6.07) is 10.7. The quantitative estimate of drug-likeness (QED) is 0.418. The number of methoxy groups -OCH3 is 1. The van der Waals surface area contributed by atoms with E-state index in [4.69, 9.17) is 17.0 Å². The molecule has 0 atom stereocenters. The first-order valence-electron chi connectivity index (χ1n) is 8.74. The largest absolute Gasteiger partial charge is 0.496 e. The number of hydrogen-bond acceptors (Lipinski definition) is 4. The van der Waals surface area contributed by atoms with Crippen LogP contribution in [0.1, 0.15) is 28.8 Å². The second-order valence-corrected chi connectivity index (χ2v) is 8.12. The van der Waals surface area contributed by atoms with Gasteiger partial charge in [0.15, 0.2) is 5.11 Å². The molecule has 0 aliphatic heterocycles. The fourth-order valence-electron chi connectivity index (χ4n) is 2.56. The summed E-state index contributed by atoms with van der Waals surface area (Å²) in [5.41, 5.74) is 2.87. The molecule has 1 fully saturated rings. The van der Waals surface area contributed by atoms with Crippen molar-refractivity contribution >= 4 is 63.1 Å². The predicted octanol–water partition coefficient (Wildman–Crippen LogP) is 4.08. The van der Waals surface area contributed by atoms with Gasteiger partial charge in [0.1, 0.15) is 5.75 Å². The van der Waals surface area contributed by atoms with Crippen LogP contribution in [0.3, 0.4) is 0 Å². The van der Waals surface area contributed by atoms with Gasteiger partial charge in [0.2, 0.25) is 5.91 Å². The van der Waals surface area contributed by atoms with Gasteiger partial charge in [-0.2, -0.15) is 0 Å². The lowest BCUT2D eigenvalue weighted by Crippen LogP contribution is -2.34. The van der Waals surface area contributed by atoms with E-state index in [0.717, 1.165) is 27.7 Å². The zero-order chi connectivity index (χ0) is 20.3. The van der Waals surface area contributed by atoms with Crippen LogP contribution in [0.2, 0.25) is 0 Å². The zero-order valence-corrected chi connectivity index (χ0v) is 18.4. The number of carbonyl (C=O) groups is 2. The fourth-order valence-corrected chi connectivity index (χ4v) is 3.51. The summed E-state index contributed by atoms with van der Waals surface area (Å²) >= 11 is 7.36. The van der Waals surface area contributed by atoms with Gasteiger partial charge in [-0.15, -0.1) is 0 Å². The highest BCUT2D eigenvalue weighted by Gasteiger charge is 2.29. The van der Waals surface area contributed by atoms with Crippen LogP contribution in [-0.4, -0.2) is 24.0 Å². The van der Waals surface area contributed by atoms with Crippen LogP contribution in [-0.2, 0) is 4.79 Å². The Kier molecular flexibility index (Phi) is 6.50. The summed E-state index contributed by atoms with van der Waals surface area (Å²) < 4.78 is 6.03. The molecule has 146 valence electrons. The van der Waals surface area contributed by atoms with Crippen molar-refractivity contribution in [2.45, 2.75) is 19.8 Å². The molecule has 0 radical (unpaired) electrons. The maximum atomic E-state index is 12.4. The van der Waals surface area contributed by atoms with Crippen LogP contribution in [0.25, 0.3) is 0 Å². The van der Waals surface area contributed by atoms with Gasteiger partial charge in [0.25, 0.3) is 5.91 Å². The molecule has 0 bridgehead atoms. The third-order valence-electron chi connectivity index (χ3n) is 4.34. The van der Waals surface area contributed by atoms with E-state index >= 15 is 0 Å². The highest BCUT2D eigenvalue weighted by molar-refractivity contribution is 14.1. The number of amides is 2. The lowest BCUT2D eigenvalue weighted by molar-refractivity contribution is -0.117. The minimum atomic E-state index is -0.313. The Labute approximate surface area is 182 Å². The highest BCUT2D eigenvalue weighted by Crippen LogP contribution is 2.31. The number of halogens is 1. The monoisotopic (exact) mass is 509 g/mol. The van der Waals surface area contributed by atoms with E-state index in [2.05, 4.69) is 38.5 Å². The second kappa shape index (κ2) is 8.87. The van der Waals surface area contributed by atoms with Gasteiger partial charge in [-0.25, -0.2) is 0 Å². The van der Waals surface area contributed by atoms with Gasteiger partial charge in [-0.1, -0.05) is 6.07 Å². The minimum absolute atomic E-state index is 0.0465. The van der Waals surface area contributed by atoms with Crippen molar-refractivity contribution in [2.24, 2.45) is 5.92 Å². The van der Waals surface area contributed by atoms with Crippen molar-refractivity contribution in [1.82, 2.24) is 5.32 Å². The summed E-state index contributed by atoms with van der Waals surface area (Å²) in [6.45, 7) is 1.93. The Bertz CT molecular complexity index is 944. The molecule has 2 aromatic rings. The number of aryl methyl sites for hydroxylation is 1. The standard InChI is InChI=1S/C20H20IN3O3S/c1-11-3-7-14(10-16(11)23-18(25)12-4-5-12)22-20(28)24-19(26)13-6-8-17(27-2)15(21)9-13/h3,6-10,12H,4-5H2,1-2H3,(H,23,25)(H2,22,24,26,28). The van der Waals surface area contributed by atoms with Crippen LogP contribution in [0.15, 0.2) is 36.4 Å². The van der Waals surface area contributed by atoms with E-state index in [0.29, 0.717) is 17.0 Å². The predicted molar refractivity (Wildman–Crippen MR) is 122 cm³/mol. The van der Waals surface area contributed by atoms with Crippen LogP contribution in [0, 0.1) is 16.4 Å². The molecule has 3 rings (SSSR count). The Morgan fingerprint density at radius 2 is 1.89 bits per heavy atom. The van der Waals surface area contributed by atoms with Crippen molar-refractivity contribution in [3.8, 4) is 5.75 Å². The van der Waals surface area contributed by atoms with E-state index in [1.807, 2.05) is 25.1 Å². The number of ether oxygens (including phenoxy) is 1. The SMILES string of the molecule is COc1ccc(C(=O)NC(=S)Nc2ccc(C)c(NC(=O)C3CC3)c2)cc1I. The van der Waals surface area contributed by atoms with Crippen LogP contribution in [0.5, 0.6) is 5.75 Å². The average Bonchev–Trinajstić information content (AvgIpc) is 3.49. The Hall–Kier alpha value is -2.20. The Morgan fingerprint density at radius 1 is 1.14 bits per heavy atom. The number of carbonyl (C=O) groups excluding carboxylic acids is 2. The molecule has 1 aliphatic rings. The normalized spacial score (nSPS) is 12.8. The molecule has 8 heteroatoms. The van der Waals surface area contributed by atoms with Crippen molar-refractivity contribution in [2.75, 3.05) is 17.7 Å². The van der Waals surface area contributed by atoms with Gasteiger partial charge in [-0.3, -0.25) is 14.9 Å². The van der Waals surface area contributed by atoms with E-state index < -0.39 is 0 Å². The summed E-state index contributed by atoms with van der Waals surface area (Å²) in [5.74, 6) is 0.569. The third-order valence-corrected chi connectivity index (χ3v) is 5.39. The summed E-state index contributed by atoms with van der Waals surface area (Å²) in [6.07, 6.45) is 1.90. The molecule has 1 aliphatic carbocycles. The van der Waals surface area contributed by atoms with Gasteiger partial charge in [0.05, 0.1) is 10.7 Å². The minimum Gasteiger partial charge on any atom is -0.496 e. The fraction of sp³-hybridized carbons (Fsp3) is 0.250. The van der Waals surface area contributed by atoms with E-state index in [-0.39, 0.29) is 22.8 Å². The maximum absolute atomic E-state index is 12.4. The summed E-state index contributed by atoms with van der Waals surface area (Å²) in [5, 5.41) is 8.78. The number of nitrogens with one attached hydrogen (secondary N) is 3. The van der Waals surface area contributed by atoms with Crippen molar-refractivity contribution < 1.29 is 14.3 Å². The summed E-state index contributed by atoms with van der Waals surface area (Å²) in [7, 11) is 1.58. The van der Waals surface area contributed by atoms with E-state index in [9.17, 15) is 9.59 Å². The molecule has 0 spiro atoms. The number of benzene rings is 2. The lowest BCUT2D eigenvalue weighted by atomic mass is 10.1. The van der Waals surface area contributed by atoms with E-state index in [1.165, 1.54) is 0 Å². The molecule has 2 amide bonds. The molecule has 0 aromatic heterocycles. The zero-order valence-electron chi connectivity index (χ0n) is 15.5. The van der Waals surface area contributed by atoms with Gasteiger partial charge in [0, 0.05) is 22.9 Å². The molecule has 0 unspecified atom stereocenters. The molecule has 0 saturated heterocycles. The second-order valence-electron chi connectivity index (χ2n) is 6.55. The summed E-state index contributed by atoms with van der Waals surface area (Å²) in [4.78, 5) is 24.4. The molecular weight excluding hydrogens is 489 g/mol. The molecule has 28 heavy (non-hydrogen) atoms. The van der Waals surface area contributed by atoms with Crippen LogP contribution >= 0.6 is 34.8 Å². The van der Waals surface area contributed by atoms with Crippen molar-refractivity contribution in [3.63, 3.8) is 0 Å². The number of rotatable bonds is 5. The molecular formula is C20H20IN3O3S. The first-order valence-corrected chi connectivity index (χ1v) is 10.2.